The van der Waals surface area contributed by atoms with Gasteiger partial charge in [0.15, 0.2) is 0 Å². The van der Waals surface area contributed by atoms with Crippen molar-refractivity contribution in [3.05, 3.63) is 20.8 Å². The zero-order valence-electron chi connectivity index (χ0n) is 11.4. The van der Waals surface area contributed by atoms with Crippen LogP contribution < -0.4 is 5.73 Å². The quantitative estimate of drug-likeness (QED) is 0.906. The summed E-state index contributed by atoms with van der Waals surface area (Å²) in [5.74, 6) is 0.847. The third kappa shape index (κ3) is 3.16. The van der Waals surface area contributed by atoms with Crippen LogP contribution in [-0.2, 0) is 0 Å². The van der Waals surface area contributed by atoms with Gasteiger partial charge in [0.05, 0.1) is 9.83 Å². The minimum atomic E-state index is 0.173. The van der Waals surface area contributed by atoms with E-state index in [0.717, 1.165) is 5.92 Å². The third-order valence-corrected chi connectivity index (χ3v) is 5.62. The Kier molecular flexibility index (Phi) is 4.86. The Bertz CT molecular complexity index is 391. The van der Waals surface area contributed by atoms with E-state index in [2.05, 4.69) is 53.7 Å². The molecule has 0 spiro atoms. The zero-order valence-corrected chi connectivity index (χ0v) is 13.8. The van der Waals surface area contributed by atoms with E-state index in [1.807, 2.05) is 11.3 Å². The Morgan fingerprint density at radius 2 is 2.17 bits per heavy atom. The van der Waals surface area contributed by atoms with Crippen molar-refractivity contribution in [3.63, 3.8) is 0 Å². The number of halogens is 1. The summed E-state index contributed by atoms with van der Waals surface area (Å²) in [6.07, 6.45) is 2.58. The molecule has 0 radical (unpaired) electrons. The lowest BCUT2D eigenvalue weighted by atomic mass is 9.90. The largest absolute Gasteiger partial charge is 0.326 e. The van der Waals surface area contributed by atoms with Gasteiger partial charge in [-0.1, -0.05) is 6.92 Å². The van der Waals surface area contributed by atoms with Crippen LogP contribution in [0.1, 0.15) is 44.5 Å². The molecule has 0 bridgehead atoms. The first-order chi connectivity index (χ1) is 8.49. The molecule has 1 fully saturated rings. The van der Waals surface area contributed by atoms with Gasteiger partial charge < -0.3 is 5.73 Å². The van der Waals surface area contributed by atoms with E-state index in [1.165, 1.54) is 28.0 Å². The third-order valence-electron chi connectivity index (χ3n) is 3.93. The molecular formula is C14H23BrN2S. The summed E-state index contributed by atoms with van der Waals surface area (Å²) >= 11 is 5.37. The SMILES string of the molecule is CC1CCN(C(c2ccc(Br)s2)C(C)N)C(C)C1. The van der Waals surface area contributed by atoms with Gasteiger partial charge in [-0.15, -0.1) is 11.3 Å². The molecule has 4 heteroatoms. The number of hydrogen-bond donors (Lipinski definition) is 1. The lowest BCUT2D eigenvalue weighted by Crippen LogP contribution is -2.47. The number of likely N-dealkylation sites (tertiary alicyclic amines) is 1. The number of nitrogens with two attached hydrogens (primary N) is 1. The molecule has 2 heterocycles. The molecule has 1 aliphatic rings. The van der Waals surface area contributed by atoms with Crippen molar-refractivity contribution < 1.29 is 0 Å². The first-order valence-corrected chi connectivity index (χ1v) is 8.36. The molecule has 1 aliphatic heterocycles. The summed E-state index contributed by atoms with van der Waals surface area (Å²) in [6, 6.07) is 5.51. The molecular weight excluding hydrogens is 308 g/mol. The second kappa shape index (κ2) is 6.04. The number of piperidine rings is 1. The number of hydrogen-bond acceptors (Lipinski definition) is 3. The first kappa shape index (κ1) is 14.5. The van der Waals surface area contributed by atoms with Crippen LogP contribution in [0.15, 0.2) is 15.9 Å². The molecule has 4 atom stereocenters. The van der Waals surface area contributed by atoms with Crippen LogP contribution in [0.3, 0.4) is 0 Å². The molecule has 0 aromatic carbocycles. The van der Waals surface area contributed by atoms with Crippen LogP contribution in [0.2, 0.25) is 0 Å². The van der Waals surface area contributed by atoms with Crippen molar-refractivity contribution in [1.29, 1.82) is 0 Å². The second-order valence-electron chi connectivity index (χ2n) is 5.66. The minimum absolute atomic E-state index is 0.173. The lowest BCUT2D eigenvalue weighted by Gasteiger charge is -2.43. The van der Waals surface area contributed by atoms with E-state index in [-0.39, 0.29) is 6.04 Å². The van der Waals surface area contributed by atoms with Crippen molar-refractivity contribution in [3.8, 4) is 0 Å². The monoisotopic (exact) mass is 330 g/mol. The maximum Gasteiger partial charge on any atom is 0.0702 e. The lowest BCUT2D eigenvalue weighted by molar-refractivity contribution is 0.0725. The van der Waals surface area contributed by atoms with Gasteiger partial charge >= 0.3 is 0 Å². The Morgan fingerprint density at radius 3 is 2.67 bits per heavy atom. The Hall–Kier alpha value is 0.1000. The van der Waals surface area contributed by atoms with Crippen molar-refractivity contribution in [2.45, 2.75) is 51.7 Å². The molecule has 0 aliphatic carbocycles. The van der Waals surface area contributed by atoms with Crippen molar-refractivity contribution >= 4 is 27.3 Å². The highest BCUT2D eigenvalue weighted by molar-refractivity contribution is 9.11. The van der Waals surface area contributed by atoms with E-state index in [1.54, 1.807) is 0 Å². The van der Waals surface area contributed by atoms with Gasteiger partial charge in [-0.2, -0.15) is 0 Å². The summed E-state index contributed by atoms with van der Waals surface area (Å²) in [5, 5.41) is 0. The van der Waals surface area contributed by atoms with Crippen LogP contribution in [0.4, 0.5) is 0 Å². The molecule has 1 saturated heterocycles. The van der Waals surface area contributed by atoms with E-state index in [0.29, 0.717) is 12.1 Å². The predicted octanol–water partition coefficient (Wildman–Crippen LogP) is 4.02. The highest BCUT2D eigenvalue weighted by Gasteiger charge is 2.32. The maximum absolute atomic E-state index is 6.26. The fourth-order valence-corrected chi connectivity index (χ4v) is 4.71. The van der Waals surface area contributed by atoms with Gasteiger partial charge in [0, 0.05) is 17.0 Å². The molecule has 2 N–H and O–H groups in total. The van der Waals surface area contributed by atoms with E-state index < -0.39 is 0 Å². The summed E-state index contributed by atoms with van der Waals surface area (Å²) in [7, 11) is 0. The number of thiophene rings is 1. The summed E-state index contributed by atoms with van der Waals surface area (Å²) in [5.41, 5.74) is 6.26. The van der Waals surface area contributed by atoms with E-state index in [4.69, 9.17) is 5.73 Å². The molecule has 102 valence electrons. The smallest absolute Gasteiger partial charge is 0.0702 e. The highest BCUT2D eigenvalue weighted by Crippen LogP contribution is 2.36. The molecule has 2 nitrogen and oxygen atoms in total. The summed E-state index contributed by atoms with van der Waals surface area (Å²) in [4.78, 5) is 3.99. The zero-order chi connectivity index (χ0) is 13.3. The molecule has 0 saturated carbocycles. The van der Waals surface area contributed by atoms with Crippen molar-refractivity contribution in [2.75, 3.05) is 6.54 Å². The van der Waals surface area contributed by atoms with Crippen LogP contribution in [-0.4, -0.2) is 23.5 Å². The molecule has 1 aromatic rings. The standard InChI is InChI=1S/C14H23BrN2S/c1-9-6-7-17(10(2)8-9)14(11(3)16)12-4-5-13(15)18-12/h4-5,9-11,14H,6-8,16H2,1-3H3. The summed E-state index contributed by atoms with van der Waals surface area (Å²) in [6.45, 7) is 8.00. The Morgan fingerprint density at radius 1 is 1.44 bits per heavy atom. The second-order valence-corrected chi connectivity index (χ2v) is 8.16. The first-order valence-electron chi connectivity index (χ1n) is 6.75. The Labute approximate surface area is 123 Å². The minimum Gasteiger partial charge on any atom is -0.326 e. The van der Waals surface area contributed by atoms with Crippen molar-refractivity contribution in [2.24, 2.45) is 11.7 Å². The van der Waals surface area contributed by atoms with Gasteiger partial charge in [0.1, 0.15) is 0 Å². The van der Waals surface area contributed by atoms with E-state index in [9.17, 15) is 0 Å². The van der Waals surface area contributed by atoms with Crippen LogP contribution >= 0.6 is 27.3 Å². The fourth-order valence-electron chi connectivity index (χ4n) is 3.05. The van der Waals surface area contributed by atoms with Crippen molar-refractivity contribution in [1.82, 2.24) is 4.90 Å². The van der Waals surface area contributed by atoms with Gasteiger partial charge in [-0.05, 0) is 67.2 Å². The van der Waals surface area contributed by atoms with Gasteiger partial charge in [0.25, 0.3) is 0 Å². The molecule has 4 unspecified atom stereocenters. The van der Waals surface area contributed by atoms with Crippen LogP contribution in [0.5, 0.6) is 0 Å². The number of rotatable bonds is 3. The van der Waals surface area contributed by atoms with Gasteiger partial charge in [-0.3, -0.25) is 4.90 Å². The van der Waals surface area contributed by atoms with E-state index >= 15 is 0 Å². The number of nitrogens with zero attached hydrogens (tertiary/aromatic N) is 1. The molecule has 1 aromatic heterocycles. The molecule has 2 rings (SSSR count). The highest BCUT2D eigenvalue weighted by atomic mass is 79.9. The maximum atomic E-state index is 6.26. The van der Waals surface area contributed by atoms with Crippen LogP contribution in [0.25, 0.3) is 0 Å². The normalized spacial score (nSPS) is 29.2. The average Bonchev–Trinajstić information content (AvgIpc) is 2.68. The predicted molar refractivity (Wildman–Crippen MR) is 83.0 cm³/mol. The van der Waals surface area contributed by atoms with Crippen LogP contribution in [0, 0.1) is 5.92 Å². The molecule has 18 heavy (non-hydrogen) atoms. The van der Waals surface area contributed by atoms with Gasteiger partial charge in [0.2, 0.25) is 0 Å². The topological polar surface area (TPSA) is 29.3 Å². The van der Waals surface area contributed by atoms with Gasteiger partial charge in [-0.25, -0.2) is 0 Å². The fraction of sp³-hybridized carbons (Fsp3) is 0.714. The average molecular weight is 331 g/mol. The Balaban J connectivity index is 2.20. The summed E-state index contributed by atoms with van der Waals surface area (Å²) < 4.78 is 1.20. The molecule has 0 amide bonds.